The van der Waals surface area contributed by atoms with Crippen LogP contribution in [-0.2, 0) is 0 Å². The van der Waals surface area contributed by atoms with Gasteiger partial charge in [-0.15, -0.1) is 13.2 Å². The first-order valence-corrected chi connectivity index (χ1v) is 6.39. The van der Waals surface area contributed by atoms with Crippen LogP contribution in [0.25, 0.3) is 0 Å². The quantitative estimate of drug-likeness (QED) is 0.578. The van der Waals surface area contributed by atoms with E-state index in [9.17, 15) is 18.0 Å². The molecule has 94 valence electrons. The second kappa shape index (κ2) is 5.86. The standard InChI is InChI=1S/C10H7Br2F3O2/c11-2-1-9(16)6-3-7(12)5-8(4-6)17-10(13,14)15/h3-5H,1-2H2. The molecule has 0 saturated heterocycles. The number of alkyl halides is 4. The summed E-state index contributed by atoms with van der Waals surface area (Å²) in [5.41, 5.74) is 0.179. The third-order valence-corrected chi connectivity index (χ3v) is 2.60. The maximum absolute atomic E-state index is 12.0. The van der Waals surface area contributed by atoms with Gasteiger partial charge in [0, 0.05) is 21.8 Å². The average molecular weight is 376 g/mol. The van der Waals surface area contributed by atoms with Crippen molar-refractivity contribution in [3.63, 3.8) is 0 Å². The van der Waals surface area contributed by atoms with E-state index in [2.05, 4.69) is 36.6 Å². The first-order valence-electron chi connectivity index (χ1n) is 4.47. The highest BCUT2D eigenvalue weighted by Crippen LogP contribution is 2.27. The lowest BCUT2D eigenvalue weighted by Crippen LogP contribution is -2.17. The highest BCUT2D eigenvalue weighted by molar-refractivity contribution is 9.10. The van der Waals surface area contributed by atoms with Gasteiger partial charge in [-0.3, -0.25) is 4.79 Å². The normalized spacial score (nSPS) is 11.4. The van der Waals surface area contributed by atoms with Gasteiger partial charge in [0.2, 0.25) is 0 Å². The molecule has 1 aromatic carbocycles. The first-order chi connectivity index (χ1) is 7.81. The van der Waals surface area contributed by atoms with E-state index in [4.69, 9.17) is 0 Å². The number of ether oxygens (including phenoxy) is 1. The number of carbonyl (C=O) groups excluding carboxylic acids is 1. The summed E-state index contributed by atoms with van der Waals surface area (Å²) >= 11 is 6.12. The van der Waals surface area contributed by atoms with Gasteiger partial charge < -0.3 is 4.74 Å². The van der Waals surface area contributed by atoms with Crippen LogP contribution in [0.1, 0.15) is 16.8 Å². The van der Waals surface area contributed by atoms with Gasteiger partial charge in [-0.1, -0.05) is 31.9 Å². The topological polar surface area (TPSA) is 26.3 Å². The molecule has 0 fully saturated rings. The molecular weight excluding hydrogens is 369 g/mol. The van der Waals surface area contributed by atoms with Crippen LogP contribution >= 0.6 is 31.9 Å². The van der Waals surface area contributed by atoms with Crippen LogP contribution in [0.15, 0.2) is 22.7 Å². The van der Waals surface area contributed by atoms with Crippen molar-refractivity contribution in [2.75, 3.05) is 5.33 Å². The maximum atomic E-state index is 12.0. The molecule has 0 aromatic heterocycles. The Labute approximate surface area is 112 Å². The fourth-order valence-corrected chi connectivity index (χ4v) is 1.98. The van der Waals surface area contributed by atoms with E-state index < -0.39 is 12.1 Å². The summed E-state index contributed by atoms with van der Waals surface area (Å²) in [5.74, 6) is -0.667. The molecule has 0 aliphatic carbocycles. The summed E-state index contributed by atoms with van der Waals surface area (Å²) in [6.07, 6.45) is -4.56. The molecule has 1 rings (SSSR count). The number of ketones is 1. The Hall–Kier alpha value is -0.560. The van der Waals surface area contributed by atoms with Crippen LogP contribution in [0.3, 0.4) is 0 Å². The van der Waals surface area contributed by atoms with Crippen LogP contribution in [-0.4, -0.2) is 17.5 Å². The van der Waals surface area contributed by atoms with Crippen molar-refractivity contribution in [3.8, 4) is 5.75 Å². The molecule has 0 spiro atoms. The lowest BCUT2D eigenvalue weighted by atomic mass is 10.1. The highest BCUT2D eigenvalue weighted by Gasteiger charge is 2.31. The predicted molar refractivity (Wildman–Crippen MR) is 63.6 cm³/mol. The van der Waals surface area contributed by atoms with E-state index >= 15 is 0 Å². The summed E-state index contributed by atoms with van der Waals surface area (Å²) in [7, 11) is 0. The molecular formula is C10H7Br2F3O2. The molecule has 0 amide bonds. The third-order valence-electron chi connectivity index (χ3n) is 1.75. The summed E-state index contributed by atoms with van der Waals surface area (Å²) < 4.78 is 40.2. The molecule has 0 radical (unpaired) electrons. The average Bonchev–Trinajstić information content (AvgIpc) is 2.14. The number of hydrogen-bond acceptors (Lipinski definition) is 2. The lowest BCUT2D eigenvalue weighted by molar-refractivity contribution is -0.274. The second-order valence-electron chi connectivity index (χ2n) is 3.09. The molecule has 2 nitrogen and oxygen atoms in total. The summed E-state index contributed by atoms with van der Waals surface area (Å²) in [4.78, 5) is 11.5. The Balaban J connectivity index is 2.98. The number of carbonyl (C=O) groups is 1. The Morgan fingerprint density at radius 3 is 2.47 bits per heavy atom. The maximum Gasteiger partial charge on any atom is 0.573 e. The Bertz CT molecular complexity index is 419. The third kappa shape index (κ3) is 5.08. The first kappa shape index (κ1) is 14.5. The van der Waals surface area contributed by atoms with Crippen LogP contribution in [0.2, 0.25) is 0 Å². The van der Waals surface area contributed by atoms with Gasteiger partial charge in [-0.2, -0.15) is 0 Å². The van der Waals surface area contributed by atoms with Crippen LogP contribution in [0.5, 0.6) is 5.75 Å². The minimum atomic E-state index is -4.77. The fourth-order valence-electron chi connectivity index (χ4n) is 1.15. The van der Waals surface area contributed by atoms with Crippen molar-refractivity contribution in [1.29, 1.82) is 0 Å². The van der Waals surface area contributed by atoms with E-state index in [1.165, 1.54) is 6.07 Å². The molecule has 0 heterocycles. The summed E-state index contributed by atoms with van der Waals surface area (Å²) in [6.45, 7) is 0. The second-order valence-corrected chi connectivity index (χ2v) is 4.79. The Kier molecular flexibility index (Phi) is 5.00. The van der Waals surface area contributed by atoms with Gasteiger partial charge in [0.15, 0.2) is 5.78 Å². The van der Waals surface area contributed by atoms with E-state index in [1.807, 2.05) is 0 Å². The largest absolute Gasteiger partial charge is 0.573 e. The molecule has 7 heteroatoms. The minimum Gasteiger partial charge on any atom is -0.406 e. The monoisotopic (exact) mass is 374 g/mol. The Morgan fingerprint density at radius 1 is 1.29 bits per heavy atom. The summed E-state index contributed by atoms with van der Waals surface area (Å²) in [6, 6.07) is 3.68. The van der Waals surface area contributed by atoms with Gasteiger partial charge in [0.05, 0.1) is 0 Å². The number of hydrogen-bond donors (Lipinski definition) is 0. The van der Waals surface area contributed by atoms with Crippen molar-refractivity contribution in [3.05, 3.63) is 28.2 Å². The van der Waals surface area contributed by atoms with Crippen LogP contribution < -0.4 is 4.74 Å². The predicted octanol–water partition coefficient (Wildman–Crippen LogP) is 4.32. The lowest BCUT2D eigenvalue weighted by Gasteiger charge is -2.10. The number of rotatable bonds is 4. The van der Waals surface area contributed by atoms with Crippen molar-refractivity contribution >= 4 is 37.6 Å². The van der Waals surface area contributed by atoms with Gasteiger partial charge >= 0.3 is 6.36 Å². The van der Waals surface area contributed by atoms with Crippen molar-refractivity contribution in [2.24, 2.45) is 0 Å². The highest BCUT2D eigenvalue weighted by atomic mass is 79.9. The van der Waals surface area contributed by atoms with Gasteiger partial charge in [0.25, 0.3) is 0 Å². The van der Waals surface area contributed by atoms with Gasteiger partial charge in [-0.05, 0) is 18.2 Å². The molecule has 17 heavy (non-hydrogen) atoms. The van der Waals surface area contributed by atoms with E-state index in [0.717, 1.165) is 12.1 Å². The molecule has 0 saturated carbocycles. The van der Waals surface area contributed by atoms with E-state index in [0.29, 0.717) is 9.80 Å². The van der Waals surface area contributed by atoms with Crippen LogP contribution in [0, 0.1) is 0 Å². The van der Waals surface area contributed by atoms with Gasteiger partial charge in [-0.25, -0.2) is 0 Å². The number of Topliss-reactive ketones (excluding diaryl/α,β-unsaturated/α-hetero) is 1. The molecule has 0 unspecified atom stereocenters. The summed E-state index contributed by atoms with van der Waals surface area (Å²) in [5, 5.41) is 0.452. The van der Waals surface area contributed by atoms with Crippen molar-refractivity contribution in [1.82, 2.24) is 0 Å². The zero-order valence-electron chi connectivity index (χ0n) is 8.35. The molecule has 0 bridgehead atoms. The molecule has 0 N–H and O–H groups in total. The number of benzene rings is 1. The van der Waals surface area contributed by atoms with E-state index in [1.54, 1.807) is 0 Å². The number of halogens is 5. The zero-order valence-corrected chi connectivity index (χ0v) is 11.5. The molecule has 0 aliphatic rings. The molecule has 0 aliphatic heterocycles. The molecule has 0 atom stereocenters. The molecule has 1 aromatic rings. The SMILES string of the molecule is O=C(CCBr)c1cc(Br)cc(OC(F)(F)F)c1. The minimum absolute atomic E-state index is 0.179. The fraction of sp³-hybridized carbons (Fsp3) is 0.300. The van der Waals surface area contributed by atoms with E-state index in [-0.39, 0.29) is 17.8 Å². The van der Waals surface area contributed by atoms with Gasteiger partial charge in [0.1, 0.15) is 5.75 Å². The zero-order chi connectivity index (χ0) is 13.1. The smallest absolute Gasteiger partial charge is 0.406 e. The Morgan fingerprint density at radius 2 is 1.94 bits per heavy atom. The van der Waals surface area contributed by atoms with Crippen molar-refractivity contribution in [2.45, 2.75) is 12.8 Å². The van der Waals surface area contributed by atoms with Crippen molar-refractivity contribution < 1.29 is 22.7 Å². The van der Waals surface area contributed by atoms with Crippen LogP contribution in [0.4, 0.5) is 13.2 Å².